The number of rotatable bonds is 9. The SMILES string of the molecule is CCO[C@H](CNC(=O)c1ccc(Cl)c(Cl)c1)[C@@H](O)CNC(=O)c1ccccc1. The maximum Gasteiger partial charge on any atom is 0.251 e. The van der Waals surface area contributed by atoms with E-state index in [0.29, 0.717) is 22.8 Å². The molecule has 0 spiro atoms. The Bertz CT molecular complexity index is 802. The number of benzene rings is 2. The number of halogens is 2. The fraction of sp³-hybridized carbons (Fsp3) is 0.300. The number of amides is 2. The van der Waals surface area contributed by atoms with Crippen molar-refractivity contribution in [1.82, 2.24) is 10.6 Å². The summed E-state index contributed by atoms with van der Waals surface area (Å²) in [6.45, 7) is 2.18. The fourth-order valence-electron chi connectivity index (χ4n) is 2.47. The first-order valence-electron chi connectivity index (χ1n) is 8.78. The molecule has 0 aliphatic carbocycles. The average molecular weight is 425 g/mol. The summed E-state index contributed by atoms with van der Waals surface area (Å²) in [5, 5.41) is 16.4. The van der Waals surface area contributed by atoms with Crippen molar-refractivity contribution in [3.05, 3.63) is 69.7 Å². The highest BCUT2D eigenvalue weighted by Crippen LogP contribution is 2.22. The highest BCUT2D eigenvalue weighted by atomic mass is 35.5. The van der Waals surface area contributed by atoms with E-state index in [2.05, 4.69) is 10.6 Å². The Kier molecular flexibility index (Phi) is 8.73. The monoisotopic (exact) mass is 424 g/mol. The lowest BCUT2D eigenvalue weighted by Gasteiger charge is -2.23. The van der Waals surface area contributed by atoms with E-state index in [0.717, 1.165) is 0 Å². The van der Waals surface area contributed by atoms with Gasteiger partial charge in [-0.3, -0.25) is 9.59 Å². The van der Waals surface area contributed by atoms with Crippen molar-refractivity contribution in [3.63, 3.8) is 0 Å². The summed E-state index contributed by atoms with van der Waals surface area (Å²) in [5.74, 6) is -0.668. The molecule has 0 saturated heterocycles. The Balaban J connectivity index is 1.89. The van der Waals surface area contributed by atoms with Gasteiger partial charge in [0.15, 0.2) is 0 Å². The van der Waals surface area contributed by atoms with Crippen LogP contribution in [0.15, 0.2) is 48.5 Å². The predicted octanol–water partition coefficient (Wildman–Crippen LogP) is 2.92. The Morgan fingerprint density at radius 3 is 2.25 bits per heavy atom. The van der Waals surface area contributed by atoms with Crippen molar-refractivity contribution in [1.29, 1.82) is 0 Å². The van der Waals surface area contributed by atoms with Gasteiger partial charge in [-0.2, -0.15) is 0 Å². The largest absolute Gasteiger partial charge is 0.388 e. The molecule has 2 atom stereocenters. The van der Waals surface area contributed by atoms with E-state index < -0.39 is 12.2 Å². The first kappa shape index (κ1) is 22.2. The van der Waals surface area contributed by atoms with Gasteiger partial charge in [-0.25, -0.2) is 0 Å². The molecule has 8 heteroatoms. The molecule has 0 radical (unpaired) electrons. The van der Waals surface area contributed by atoms with Crippen molar-refractivity contribution in [2.75, 3.05) is 19.7 Å². The zero-order valence-corrected chi connectivity index (χ0v) is 16.8. The molecule has 2 aromatic carbocycles. The third-order valence-corrected chi connectivity index (χ3v) is 4.70. The maximum absolute atomic E-state index is 12.3. The van der Waals surface area contributed by atoms with Gasteiger partial charge in [0, 0.05) is 30.8 Å². The number of nitrogens with one attached hydrogen (secondary N) is 2. The Morgan fingerprint density at radius 2 is 1.61 bits per heavy atom. The van der Waals surface area contributed by atoms with Crippen LogP contribution in [0.5, 0.6) is 0 Å². The van der Waals surface area contributed by atoms with Crippen LogP contribution in [-0.4, -0.2) is 48.8 Å². The second-order valence-electron chi connectivity index (χ2n) is 5.98. The zero-order chi connectivity index (χ0) is 20.5. The summed E-state index contributed by atoms with van der Waals surface area (Å²) in [4.78, 5) is 24.4. The van der Waals surface area contributed by atoms with Gasteiger partial charge in [0.25, 0.3) is 11.8 Å². The summed E-state index contributed by atoms with van der Waals surface area (Å²) in [5.41, 5.74) is 0.840. The van der Waals surface area contributed by atoms with Gasteiger partial charge in [0.2, 0.25) is 0 Å². The van der Waals surface area contributed by atoms with E-state index in [9.17, 15) is 14.7 Å². The molecule has 0 saturated carbocycles. The molecule has 0 fully saturated rings. The van der Waals surface area contributed by atoms with E-state index in [-0.39, 0.29) is 29.9 Å². The summed E-state index contributed by atoms with van der Waals surface area (Å²) in [6.07, 6.45) is -1.69. The second kappa shape index (κ2) is 11.0. The topological polar surface area (TPSA) is 87.7 Å². The number of hydrogen-bond donors (Lipinski definition) is 3. The Labute approximate surface area is 173 Å². The molecule has 28 heavy (non-hydrogen) atoms. The third-order valence-electron chi connectivity index (χ3n) is 3.96. The highest BCUT2D eigenvalue weighted by Gasteiger charge is 2.22. The van der Waals surface area contributed by atoms with Crippen LogP contribution >= 0.6 is 23.2 Å². The molecular weight excluding hydrogens is 403 g/mol. The van der Waals surface area contributed by atoms with Crippen LogP contribution in [0.2, 0.25) is 10.0 Å². The zero-order valence-electron chi connectivity index (χ0n) is 15.3. The molecule has 0 aliphatic rings. The molecule has 0 aromatic heterocycles. The van der Waals surface area contributed by atoms with E-state index in [1.165, 1.54) is 12.1 Å². The van der Waals surface area contributed by atoms with Gasteiger partial charge in [-0.05, 0) is 37.3 Å². The maximum atomic E-state index is 12.3. The minimum Gasteiger partial charge on any atom is -0.388 e. The molecule has 0 bridgehead atoms. The summed E-state index contributed by atoms with van der Waals surface area (Å²) >= 11 is 11.8. The van der Waals surface area contributed by atoms with Crippen molar-refractivity contribution in [2.24, 2.45) is 0 Å². The van der Waals surface area contributed by atoms with Crippen LogP contribution in [0.25, 0.3) is 0 Å². The lowest BCUT2D eigenvalue weighted by molar-refractivity contribution is -0.0287. The van der Waals surface area contributed by atoms with Crippen LogP contribution in [-0.2, 0) is 4.74 Å². The third kappa shape index (κ3) is 6.49. The van der Waals surface area contributed by atoms with Crippen molar-refractivity contribution in [3.8, 4) is 0 Å². The molecule has 6 nitrogen and oxygen atoms in total. The van der Waals surface area contributed by atoms with Gasteiger partial charge in [0.05, 0.1) is 16.1 Å². The molecule has 0 heterocycles. The summed E-state index contributed by atoms with van der Waals surface area (Å²) in [7, 11) is 0. The number of aliphatic hydroxyl groups excluding tert-OH is 1. The molecular formula is C20H22Cl2N2O4. The number of aliphatic hydroxyl groups is 1. The van der Waals surface area contributed by atoms with Gasteiger partial charge in [-0.1, -0.05) is 41.4 Å². The standard InChI is InChI=1S/C20H22Cl2N2O4/c1-2-28-18(12-24-20(27)14-8-9-15(21)16(22)10-14)17(25)11-23-19(26)13-6-4-3-5-7-13/h3-10,17-18,25H,2,11-12H2,1H3,(H,23,26)(H,24,27)/t17-,18+/m0/s1. The van der Waals surface area contributed by atoms with Gasteiger partial charge in [0.1, 0.15) is 6.10 Å². The molecule has 0 unspecified atom stereocenters. The first-order chi connectivity index (χ1) is 13.4. The van der Waals surface area contributed by atoms with E-state index >= 15 is 0 Å². The Morgan fingerprint density at radius 1 is 0.964 bits per heavy atom. The average Bonchev–Trinajstić information content (AvgIpc) is 2.71. The van der Waals surface area contributed by atoms with Gasteiger partial charge in [-0.15, -0.1) is 0 Å². The van der Waals surface area contributed by atoms with Crippen LogP contribution in [0.1, 0.15) is 27.6 Å². The van der Waals surface area contributed by atoms with Crippen LogP contribution in [0.3, 0.4) is 0 Å². The number of ether oxygens (including phenoxy) is 1. The number of carbonyl (C=O) groups excluding carboxylic acids is 2. The molecule has 0 aliphatic heterocycles. The summed E-state index contributed by atoms with van der Waals surface area (Å²) < 4.78 is 5.51. The van der Waals surface area contributed by atoms with Crippen LogP contribution in [0, 0.1) is 0 Å². The minimum absolute atomic E-state index is 0.0129. The van der Waals surface area contributed by atoms with Gasteiger partial charge < -0.3 is 20.5 Å². The van der Waals surface area contributed by atoms with Crippen LogP contribution in [0.4, 0.5) is 0 Å². The van der Waals surface area contributed by atoms with Gasteiger partial charge >= 0.3 is 0 Å². The smallest absolute Gasteiger partial charge is 0.251 e. The van der Waals surface area contributed by atoms with E-state index in [4.69, 9.17) is 27.9 Å². The first-order valence-corrected chi connectivity index (χ1v) is 9.54. The molecule has 2 aromatic rings. The van der Waals surface area contributed by atoms with Crippen molar-refractivity contribution < 1.29 is 19.4 Å². The number of carbonyl (C=O) groups is 2. The number of hydrogen-bond acceptors (Lipinski definition) is 4. The second-order valence-corrected chi connectivity index (χ2v) is 6.79. The lowest BCUT2D eigenvalue weighted by Crippen LogP contribution is -2.46. The fourth-order valence-corrected chi connectivity index (χ4v) is 2.77. The quantitative estimate of drug-likeness (QED) is 0.577. The van der Waals surface area contributed by atoms with E-state index in [1.54, 1.807) is 37.3 Å². The molecule has 2 amide bonds. The highest BCUT2D eigenvalue weighted by molar-refractivity contribution is 6.42. The predicted molar refractivity (Wildman–Crippen MR) is 109 cm³/mol. The van der Waals surface area contributed by atoms with Crippen LogP contribution < -0.4 is 10.6 Å². The summed E-state index contributed by atoms with van der Waals surface area (Å²) in [6, 6.07) is 13.2. The molecule has 3 N–H and O–H groups in total. The lowest BCUT2D eigenvalue weighted by atomic mass is 10.1. The molecule has 150 valence electrons. The minimum atomic E-state index is -0.998. The normalized spacial score (nSPS) is 12.9. The van der Waals surface area contributed by atoms with Crippen molar-refractivity contribution in [2.45, 2.75) is 19.1 Å². The molecule has 2 rings (SSSR count). The Hall–Kier alpha value is -2.12. The van der Waals surface area contributed by atoms with E-state index in [1.807, 2.05) is 6.07 Å². The van der Waals surface area contributed by atoms with Crippen molar-refractivity contribution >= 4 is 35.0 Å².